The van der Waals surface area contributed by atoms with Gasteiger partial charge in [0.05, 0.1) is 18.8 Å². The van der Waals surface area contributed by atoms with Gasteiger partial charge in [0, 0.05) is 19.0 Å². The summed E-state index contributed by atoms with van der Waals surface area (Å²) in [6.45, 7) is 6.83. The van der Waals surface area contributed by atoms with Crippen molar-refractivity contribution in [3.8, 4) is 0 Å². The molecule has 3 rings (SSSR count). The van der Waals surface area contributed by atoms with E-state index >= 15 is 0 Å². The van der Waals surface area contributed by atoms with Crippen LogP contribution < -0.4 is 0 Å². The Kier molecular flexibility index (Phi) is 2.88. The zero-order valence-corrected chi connectivity index (χ0v) is 10.4. The molecule has 0 bridgehead atoms. The largest absolute Gasteiger partial charge is 0.373 e. The highest BCUT2D eigenvalue weighted by Gasteiger charge is 2.29. The molecule has 0 spiro atoms. The van der Waals surface area contributed by atoms with Gasteiger partial charge in [-0.15, -0.1) is 0 Å². The van der Waals surface area contributed by atoms with Crippen LogP contribution in [-0.4, -0.2) is 40.3 Å². The van der Waals surface area contributed by atoms with Crippen molar-refractivity contribution in [3.05, 3.63) is 11.7 Å². The molecule has 0 aromatic carbocycles. The lowest BCUT2D eigenvalue weighted by molar-refractivity contribution is -0.0725. The molecule has 94 valence electrons. The van der Waals surface area contributed by atoms with E-state index in [1.807, 2.05) is 0 Å². The Morgan fingerprint density at radius 2 is 1.94 bits per heavy atom. The summed E-state index contributed by atoms with van der Waals surface area (Å²) in [5, 5.41) is 4.04. The Labute approximate surface area is 101 Å². The van der Waals surface area contributed by atoms with Crippen LogP contribution in [0.1, 0.15) is 44.3 Å². The van der Waals surface area contributed by atoms with Gasteiger partial charge in [0.25, 0.3) is 0 Å². The molecule has 5 heteroatoms. The monoisotopic (exact) mass is 237 g/mol. The van der Waals surface area contributed by atoms with Crippen LogP contribution in [-0.2, 0) is 11.3 Å². The third-order valence-electron chi connectivity index (χ3n) is 3.28. The molecule has 0 unspecified atom stereocenters. The molecule has 2 fully saturated rings. The van der Waals surface area contributed by atoms with E-state index in [1.54, 1.807) is 0 Å². The molecule has 2 atom stereocenters. The minimum Gasteiger partial charge on any atom is -0.373 e. The molecule has 1 aromatic rings. The van der Waals surface area contributed by atoms with Crippen molar-refractivity contribution >= 4 is 0 Å². The average Bonchev–Trinajstić information content (AvgIpc) is 2.99. The SMILES string of the molecule is C[C@@H]1CN(Cc2nc(C3CC3)no2)C[C@@H](C)O1. The standard InChI is InChI=1S/C12H19N3O2/c1-8-5-15(6-9(2)16-8)7-11-13-12(14-17-11)10-3-4-10/h8-10H,3-7H2,1-2H3/t8-,9-/m1/s1. The van der Waals surface area contributed by atoms with Crippen LogP contribution in [0.15, 0.2) is 4.52 Å². The first kappa shape index (κ1) is 11.2. The molecule has 0 amide bonds. The van der Waals surface area contributed by atoms with Gasteiger partial charge >= 0.3 is 0 Å². The second-order valence-electron chi connectivity index (χ2n) is 5.27. The summed E-state index contributed by atoms with van der Waals surface area (Å²) in [7, 11) is 0. The number of hydrogen-bond acceptors (Lipinski definition) is 5. The van der Waals surface area contributed by atoms with Crippen LogP contribution in [0.5, 0.6) is 0 Å². The van der Waals surface area contributed by atoms with E-state index < -0.39 is 0 Å². The molecule has 1 aliphatic carbocycles. The lowest BCUT2D eigenvalue weighted by atomic mass is 10.2. The van der Waals surface area contributed by atoms with E-state index in [2.05, 4.69) is 28.9 Å². The van der Waals surface area contributed by atoms with Gasteiger partial charge in [-0.3, -0.25) is 4.90 Å². The lowest BCUT2D eigenvalue weighted by Crippen LogP contribution is -2.44. The highest BCUT2D eigenvalue weighted by molar-refractivity contribution is 5.03. The zero-order valence-electron chi connectivity index (χ0n) is 10.4. The lowest BCUT2D eigenvalue weighted by Gasteiger charge is -2.34. The normalized spacial score (nSPS) is 30.7. The van der Waals surface area contributed by atoms with Crippen LogP contribution in [0, 0.1) is 0 Å². The van der Waals surface area contributed by atoms with E-state index in [-0.39, 0.29) is 12.2 Å². The molecular weight excluding hydrogens is 218 g/mol. The van der Waals surface area contributed by atoms with E-state index in [9.17, 15) is 0 Å². The van der Waals surface area contributed by atoms with Crippen molar-refractivity contribution in [2.24, 2.45) is 0 Å². The first-order valence-electron chi connectivity index (χ1n) is 6.41. The maximum absolute atomic E-state index is 5.70. The van der Waals surface area contributed by atoms with Crippen LogP contribution in [0.3, 0.4) is 0 Å². The quantitative estimate of drug-likeness (QED) is 0.798. The second-order valence-corrected chi connectivity index (χ2v) is 5.27. The van der Waals surface area contributed by atoms with Gasteiger partial charge in [0.1, 0.15) is 0 Å². The zero-order chi connectivity index (χ0) is 11.8. The summed E-state index contributed by atoms with van der Waals surface area (Å²) in [5.41, 5.74) is 0. The molecule has 1 aromatic heterocycles. The van der Waals surface area contributed by atoms with Crippen LogP contribution in [0.25, 0.3) is 0 Å². The number of aromatic nitrogens is 2. The molecule has 17 heavy (non-hydrogen) atoms. The van der Waals surface area contributed by atoms with Gasteiger partial charge < -0.3 is 9.26 Å². The summed E-state index contributed by atoms with van der Waals surface area (Å²) in [4.78, 5) is 6.78. The highest BCUT2D eigenvalue weighted by atomic mass is 16.5. The van der Waals surface area contributed by atoms with Gasteiger partial charge in [0.15, 0.2) is 5.82 Å². The Morgan fingerprint density at radius 3 is 2.59 bits per heavy atom. The molecule has 2 heterocycles. The number of rotatable bonds is 3. The maximum Gasteiger partial charge on any atom is 0.240 e. The van der Waals surface area contributed by atoms with Gasteiger partial charge in [-0.05, 0) is 26.7 Å². The molecule has 0 radical (unpaired) electrons. The summed E-state index contributed by atoms with van der Waals surface area (Å²) in [5.74, 6) is 2.21. The van der Waals surface area contributed by atoms with Gasteiger partial charge in [0.2, 0.25) is 5.89 Å². The summed E-state index contributed by atoms with van der Waals surface area (Å²) >= 11 is 0. The molecule has 0 N–H and O–H groups in total. The van der Waals surface area contributed by atoms with Crippen LogP contribution in [0.4, 0.5) is 0 Å². The maximum atomic E-state index is 5.70. The summed E-state index contributed by atoms with van der Waals surface area (Å²) in [6, 6.07) is 0. The molecule has 2 aliphatic rings. The minimum atomic E-state index is 0.282. The van der Waals surface area contributed by atoms with E-state index in [0.717, 1.165) is 31.3 Å². The number of morpholine rings is 1. The Bertz CT molecular complexity index is 379. The average molecular weight is 237 g/mol. The fraction of sp³-hybridized carbons (Fsp3) is 0.833. The van der Waals surface area contributed by atoms with Crippen molar-refractivity contribution in [1.82, 2.24) is 15.0 Å². The molecule has 5 nitrogen and oxygen atoms in total. The third-order valence-corrected chi connectivity index (χ3v) is 3.28. The topological polar surface area (TPSA) is 51.4 Å². The first-order chi connectivity index (χ1) is 8.20. The van der Waals surface area contributed by atoms with E-state index in [0.29, 0.717) is 5.92 Å². The third kappa shape index (κ3) is 2.66. The Morgan fingerprint density at radius 1 is 1.24 bits per heavy atom. The van der Waals surface area contributed by atoms with Gasteiger partial charge in [-0.2, -0.15) is 4.98 Å². The van der Waals surface area contributed by atoms with Crippen LogP contribution >= 0.6 is 0 Å². The first-order valence-corrected chi connectivity index (χ1v) is 6.41. The summed E-state index contributed by atoms with van der Waals surface area (Å²) < 4.78 is 11.0. The van der Waals surface area contributed by atoms with E-state index in [1.165, 1.54) is 12.8 Å². The molecule has 1 saturated carbocycles. The second kappa shape index (κ2) is 4.38. The molecule has 1 aliphatic heterocycles. The van der Waals surface area contributed by atoms with Crippen molar-refractivity contribution in [2.75, 3.05) is 13.1 Å². The highest BCUT2D eigenvalue weighted by Crippen LogP contribution is 2.38. The van der Waals surface area contributed by atoms with Crippen LogP contribution in [0.2, 0.25) is 0 Å². The van der Waals surface area contributed by atoms with Gasteiger partial charge in [-0.1, -0.05) is 5.16 Å². The molecular formula is C12H19N3O2. The summed E-state index contributed by atoms with van der Waals surface area (Å²) in [6.07, 6.45) is 2.99. The van der Waals surface area contributed by atoms with Gasteiger partial charge in [-0.25, -0.2) is 0 Å². The fourth-order valence-corrected chi connectivity index (χ4v) is 2.44. The van der Waals surface area contributed by atoms with E-state index in [4.69, 9.17) is 9.26 Å². The van der Waals surface area contributed by atoms with Crippen molar-refractivity contribution in [3.63, 3.8) is 0 Å². The molecule has 1 saturated heterocycles. The predicted molar refractivity (Wildman–Crippen MR) is 61.6 cm³/mol. The minimum absolute atomic E-state index is 0.282. The number of ether oxygens (including phenoxy) is 1. The van der Waals surface area contributed by atoms with Crippen molar-refractivity contribution in [2.45, 2.75) is 51.4 Å². The predicted octanol–water partition coefficient (Wildman–Crippen LogP) is 1.56. The smallest absolute Gasteiger partial charge is 0.240 e. The fourth-order valence-electron chi connectivity index (χ4n) is 2.44. The Balaban J connectivity index is 1.60. The number of hydrogen-bond donors (Lipinski definition) is 0. The Hall–Kier alpha value is -0.940. The van der Waals surface area contributed by atoms with Crippen molar-refractivity contribution in [1.29, 1.82) is 0 Å². The number of nitrogens with zero attached hydrogens (tertiary/aromatic N) is 3. The van der Waals surface area contributed by atoms with Crippen molar-refractivity contribution < 1.29 is 9.26 Å².